The van der Waals surface area contributed by atoms with E-state index in [-0.39, 0.29) is 25.1 Å². The van der Waals surface area contributed by atoms with Gasteiger partial charge < -0.3 is 19.7 Å². The first-order valence-corrected chi connectivity index (χ1v) is 7.30. The van der Waals surface area contributed by atoms with Gasteiger partial charge in [0.25, 0.3) is 0 Å². The van der Waals surface area contributed by atoms with E-state index in [0.717, 1.165) is 19.3 Å². The van der Waals surface area contributed by atoms with Gasteiger partial charge in [-0.2, -0.15) is 0 Å². The maximum atomic E-state index is 9.00. The van der Waals surface area contributed by atoms with Gasteiger partial charge in [-0.05, 0) is 25.2 Å². The van der Waals surface area contributed by atoms with Gasteiger partial charge in [-0.15, -0.1) is 6.58 Å². The van der Waals surface area contributed by atoms with E-state index in [1.807, 2.05) is 0 Å². The summed E-state index contributed by atoms with van der Waals surface area (Å²) in [5, 5.41) is 16.8. The third-order valence-corrected chi connectivity index (χ3v) is 3.64. The Kier molecular flexibility index (Phi) is 7.61. The lowest BCUT2D eigenvalue weighted by Crippen LogP contribution is -2.33. The quantitative estimate of drug-likeness (QED) is 0.771. The van der Waals surface area contributed by atoms with Crippen LogP contribution in [0.15, 0.2) is 12.7 Å². The minimum atomic E-state index is -0.252. The van der Waals surface area contributed by atoms with Crippen LogP contribution in [-0.4, -0.2) is 41.9 Å². The van der Waals surface area contributed by atoms with E-state index in [0.29, 0.717) is 12.5 Å². The molecule has 2 unspecified atom stereocenters. The summed E-state index contributed by atoms with van der Waals surface area (Å²) in [6, 6.07) is 0. The Labute approximate surface area is 116 Å². The Bertz CT molecular complexity index is 249. The highest BCUT2D eigenvalue weighted by Crippen LogP contribution is 2.38. The second-order valence-electron chi connectivity index (χ2n) is 5.52. The maximum absolute atomic E-state index is 9.00. The first kappa shape index (κ1) is 16.6. The van der Waals surface area contributed by atoms with Gasteiger partial charge in [0.1, 0.15) is 0 Å². The number of aliphatic hydroxyl groups excluding tert-OH is 2. The van der Waals surface area contributed by atoms with E-state index in [1.165, 1.54) is 25.3 Å². The van der Waals surface area contributed by atoms with Crippen LogP contribution < -0.4 is 0 Å². The molecule has 2 N–H and O–H groups in total. The molecule has 2 atom stereocenters. The molecule has 0 aromatic heterocycles. The summed E-state index contributed by atoms with van der Waals surface area (Å²) >= 11 is 0. The summed E-state index contributed by atoms with van der Waals surface area (Å²) < 4.78 is 11.9. The molecule has 19 heavy (non-hydrogen) atoms. The topological polar surface area (TPSA) is 58.9 Å². The van der Waals surface area contributed by atoms with Crippen molar-refractivity contribution in [3.63, 3.8) is 0 Å². The fourth-order valence-electron chi connectivity index (χ4n) is 2.61. The molecule has 4 heteroatoms. The molecule has 0 aromatic carbocycles. The fourth-order valence-corrected chi connectivity index (χ4v) is 2.61. The summed E-state index contributed by atoms with van der Waals surface area (Å²) in [6.07, 6.45) is 8.41. The van der Waals surface area contributed by atoms with Crippen LogP contribution in [0.4, 0.5) is 0 Å². The van der Waals surface area contributed by atoms with Crippen molar-refractivity contribution in [2.45, 2.75) is 57.3 Å². The van der Waals surface area contributed by atoms with Crippen molar-refractivity contribution >= 4 is 0 Å². The van der Waals surface area contributed by atoms with Crippen molar-refractivity contribution < 1.29 is 19.7 Å². The second-order valence-corrected chi connectivity index (χ2v) is 5.52. The zero-order valence-corrected chi connectivity index (χ0v) is 12.0. The molecule has 2 fully saturated rings. The van der Waals surface area contributed by atoms with Gasteiger partial charge >= 0.3 is 0 Å². The summed E-state index contributed by atoms with van der Waals surface area (Å²) in [4.78, 5) is 0. The molecule has 0 bridgehead atoms. The van der Waals surface area contributed by atoms with Gasteiger partial charge in [-0.1, -0.05) is 19.4 Å². The summed E-state index contributed by atoms with van der Waals surface area (Å²) in [6.45, 7) is 6.32. The highest BCUT2D eigenvalue weighted by molar-refractivity contribution is 4.82. The van der Waals surface area contributed by atoms with Crippen molar-refractivity contribution in [1.29, 1.82) is 0 Å². The monoisotopic (exact) mass is 272 g/mol. The Morgan fingerprint density at radius 3 is 2.47 bits per heavy atom. The number of rotatable bonds is 4. The van der Waals surface area contributed by atoms with Crippen LogP contribution in [0.25, 0.3) is 0 Å². The Hall–Kier alpha value is -0.420. The van der Waals surface area contributed by atoms with Crippen molar-refractivity contribution in [2.24, 2.45) is 5.92 Å². The average Bonchev–Trinajstić information content (AvgIpc) is 2.82. The first-order valence-electron chi connectivity index (χ1n) is 7.30. The Balaban J connectivity index is 0.000000399. The van der Waals surface area contributed by atoms with Gasteiger partial charge in [0.05, 0.1) is 19.3 Å². The van der Waals surface area contributed by atoms with Crippen LogP contribution in [0.3, 0.4) is 0 Å². The predicted octanol–water partition coefficient (Wildman–Crippen LogP) is 2.25. The molecule has 1 heterocycles. The molecular formula is C15H28O4. The van der Waals surface area contributed by atoms with Gasteiger partial charge in [-0.25, -0.2) is 0 Å². The van der Waals surface area contributed by atoms with Crippen LogP contribution in [0.2, 0.25) is 0 Å². The van der Waals surface area contributed by atoms with Gasteiger partial charge in [0.2, 0.25) is 0 Å². The molecular weight excluding hydrogens is 244 g/mol. The molecule has 1 saturated carbocycles. The molecule has 1 saturated heterocycles. The van der Waals surface area contributed by atoms with E-state index in [1.54, 1.807) is 0 Å². The highest BCUT2D eigenvalue weighted by atomic mass is 16.7. The Morgan fingerprint density at radius 1 is 1.32 bits per heavy atom. The maximum Gasteiger partial charge on any atom is 0.168 e. The lowest BCUT2D eigenvalue weighted by molar-refractivity contribution is -0.188. The smallest absolute Gasteiger partial charge is 0.168 e. The van der Waals surface area contributed by atoms with E-state index in [9.17, 15) is 0 Å². The molecule has 2 rings (SSSR count). The average molecular weight is 272 g/mol. The molecule has 4 nitrogen and oxygen atoms in total. The number of aliphatic hydroxyl groups is 2. The van der Waals surface area contributed by atoms with Crippen LogP contribution in [-0.2, 0) is 9.47 Å². The lowest BCUT2D eigenvalue weighted by Gasteiger charge is -2.31. The van der Waals surface area contributed by atoms with Crippen LogP contribution in [0.1, 0.15) is 45.4 Å². The van der Waals surface area contributed by atoms with Crippen LogP contribution in [0, 0.1) is 5.92 Å². The molecule has 2 aliphatic rings. The minimum absolute atomic E-state index is 0.0833. The Morgan fingerprint density at radius 2 is 1.95 bits per heavy atom. The van der Waals surface area contributed by atoms with Gasteiger partial charge in [0.15, 0.2) is 5.79 Å². The van der Waals surface area contributed by atoms with Crippen molar-refractivity contribution in [3.05, 3.63) is 12.7 Å². The third-order valence-electron chi connectivity index (χ3n) is 3.64. The zero-order valence-electron chi connectivity index (χ0n) is 12.0. The first-order chi connectivity index (χ1) is 9.15. The normalized spacial score (nSPS) is 26.6. The van der Waals surface area contributed by atoms with Crippen molar-refractivity contribution in [3.8, 4) is 0 Å². The molecule has 1 spiro atoms. The summed E-state index contributed by atoms with van der Waals surface area (Å²) in [5.41, 5.74) is 0. The highest BCUT2D eigenvalue weighted by Gasteiger charge is 2.42. The molecule has 1 aliphatic carbocycles. The molecule has 0 amide bonds. The minimum Gasteiger partial charge on any atom is -0.396 e. The van der Waals surface area contributed by atoms with Crippen LogP contribution >= 0.6 is 0 Å². The van der Waals surface area contributed by atoms with Crippen molar-refractivity contribution in [1.82, 2.24) is 0 Å². The van der Waals surface area contributed by atoms with Gasteiger partial charge in [0, 0.05) is 19.4 Å². The summed E-state index contributed by atoms with van der Waals surface area (Å²) in [7, 11) is 0. The largest absolute Gasteiger partial charge is 0.396 e. The van der Waals surface area contributed by atoms with E-state index in [2.05, 4.69) is 13.5 Å². The standard InChI is InChI=1S/C12H22O3.C3H6O/c1-10(8-13)7-11-9-14-12(15-11)5-3-2-4-6-12;1-2-3-4/h10-11,13H,2-9H2,1H3;2,4H,1,3H2. The number of hydrogen-bond donors (Lipinski definition) is 2. The predicted molar refractivity (Wildman–Crippen MR) is 74.8 cm³/mol. The number of ether oxygens (including phenoxy) is 2. The summed E-state index contributed by atoms with van der Waals surface area (Å²) in [5.74, 6) is 0.0651. The number of hydrogen-bond acceptors (Lipinski definition) is 4. The van der Waals surface area contributed by atoms with E-state index < -0.39 is 0 Å². The van der Waals surface area contributed by atoms with E-state index in [4.69, 9.17) is 19.7 Å². The molecule has 0 radical (unpaired) electrons. The lowest BCUT2D eigenvalue weighted by atomic mass is 9.94. The third kappa shape index (κ3) is 5.61. The second kappa shape index (κ2) is 8.69. The van der Waals surface area contributed by atoms with Gasteiger partial charge in [-0.3, -0.25) is 0 Å². The van der Waals surface area contributed by atoms with E-state index >= 15 is 0 Å². The SMILES string of the molecule is C=CCO.CC(CO)CC1COC2(CCCCC2)O1. The van der Waals surface area contributed by atoms with Crippen LogP contribution in [0.5, 0.6) is 0 Å². The molecule has 112 valence electrons. The fraction of sp³-hybridized carbons (Fsp3) is 0.867. The molecule has 1 aliphatic heterocycles. The zero-order chi connectivity index (χ0) is 14.1. The molecule has 0 aromatic rings. The van der Waals surface area contributed by atoms with Crippen molar-refractivity contribution in [2.75, 3.05) is 19.8 Å².